The number of carbonyl (C=O) groups is 3. The van der Waals surface area contributed by atoms with Crippen molar-refractivity contribution < 1.29 is 38.2 Å². The van der Waals surface area contributed by atoms with Crippen LogP contribution in [0.1, 0.15) is 129 Å². The Kier molecular flexibility index (Phi) is 42.0. The molecule has 0 aliphatic heterocycles. The van der Waals surface area contributed by atoms with Crippen LogP contribution in [-0.2, 0) is 28.6 Å². The van der Waals surface area contributed by atoms with Gasteiger partial charge >= 0.3 is 11.9 Å². The third-order valence-electron chi connectivity index (χ3n) is 9.60. The molecule has 0 radical (unpaired) electrons. The van der Waals surface area contributed by atoms with Crippen LogP contribution in [-0.4, -0.2) is 75.5 Å². The maximum atomic E-state index is 12.8. The lowest BCUT2D eigenvalue weighted by Crippen LogP contribution is -2.55. The summed E-state index contributed by atoms with van der Waals surface area (Å²) >= 11 is 0. The fourth-order valence-corrected chi connectivity index (χ4v) is 5.94. The number of aliphatic carboxylic acids is 1. The molecule has 0 N–H and O–H groups in total. The highest BCUT2D eigenvalue weighted by Gasteiger charge is 2.25. The summed E-state index contributed by atoms with van der Waals surface area (Å²) < 4.78 is 17.1. The number of likely N-dealkylation sites (N-methyl/N-ethyl adjacent to an activating group) is 1. The minimum atomic E-state index is -1.15. The maximum absolute atomic E-state index is 12.8. The Morgan fingerprint density at radius 1 is 0.477 bits per heavy atom. The van der Waals surface area contributed by atoms with Crippen LogP contribution in [0.2, 0.25) is 0 Å². The van der Waals surface area contributed by atoms with E-state index in [1.807, 2.05) is 72.9 Å². The summed E-state index contributed by atoms with van der Waals surface area (Å²) in [6.45, 7) is 4.28. The average Bonchev–Trinajstić information content (AvgIpc) is 3.27. The molecule has 0 spiro atoms. The third kappa shape index (κ3) is 44.0. The smallest absolute Gasteiger partial charge is 0.306 e. The van der Waals surface area contributed by atoms with E-state index in [4.69, 9.17) is 14.2 Å². The zero-order valence-electron chi connectivity index (χ0n) is 40.8. The lowest BCUT2D eigenvalue weighted by Gasteiger charge is -2.34. The second-order valence-electron chi connectivity index (χ2n) is 16.4. The van der Waals surface area contributed by atoms with Crippen LogP contribution in [0.3, 0.4) is 0 Å². The van der Waals surface area contributed by atoms with Gasteiger partial charge in [-0.3, -0.25) is 9.59 Å². The molecule has 8 nitrogen and oxygen atoms in total. The summed E-state index contributed by atoms with van der Waals surface area (Å²) in [6, 6.07) is -0.753. The van der Waals surface area contributed by atoms with Gasteiger partial charge in [0.15, 0.2) is 6.10 Å². The molecule has 0 aliphatic rings. The van der Waals surface area contributed by atoms with Gasteiger partial charge in [0.2, 0.25) is 0 Å². The molecule has 0 heterocycles. The highest BCUT2D eigenvalue weighted by Crippen LogP contribution is 2.11. The molecule has 8 heteroatoms. The molecule has 0 aromatic rings. The predicted molar refractivity (Wildman–Crippen MR) is 272 cm³/mol. The summed E-state index contributed by atoms with van der Waals surface area (Å²) in [5.74, 6) is -1.87. The van der Waals surface area contributed by atoms with E-state index >= 15 is 0 Å². The highest BCUT2D eigenvalue weighted by atomic mass is 16.6. The van der Waals surface area contributed by atoms with Gasteiger partial charge in [0.05, 0.1) is 40.3 Å². The Hall–Kier alpha value is -5.05. The first kappa shape index (κ1) is 60.0. The molecular formula is C57H85NO7. The van der Waals surface area contributed by atoms with Crippen LogP contribution in [0.5, 0.6) is 0 Å². The Balaban J connectivity index is 4.51. The number of carboxylic acids is 1. The van der Waals surface area contributed by atoms with Gasteiger partial charge in [-0.2, -0.15) is 0 Å². The second-order valence-corrected chi connectivity index (χ2v) is 16.4. The van der Waals surface area contributed by atoms with Gasteiger partial charge in [-0.15, -0.1) is 0 Å². The molecule has 0 amide bonds. The van der Waals surface area contributed by atoms with E-state index in [1.54, 1.807) is 21.1 Å². The van der Waals surface area contributed by atoms with E-state index in [0.717, 1.165) is 83.5 Å². The number of hydrogen-bond donors (Lipinski definition) is 0. The van der Waals surface area contributed by atoms with Gasteiger partial charge in [0.1, 0.15) is 12.6 Å². The number of quaternary nitrogens is 1. The monoisotopic (exact) mass is 896 g/mol. The van der Waals surface area contributed by atoms with Gasteiger partial charge in [-0.25, -0.2) is 0 Å². The number of rotatable bonds is 40. The fraction of sp³-hybridized carbons (Fsp3) is 0.491. The first-order valence-corrected chi connectivity index (χ1v) is 24.1. The van der Waals surface area contributed by atoms with Gasteiger partial charge in [-0.05, 0) is 83.5 Å². The van der Waals surface area contributed by atoms with E-state index in [2.05, 4.69) is 98.9 Å². The zero-order valence-corrected chi connectivity index (χ0v) is 40.8. The molecule has 0 rings (SSSR count). The molecule has 0 aromatic heterocycles. The average molecular weight is 896 g/mol. The third-order valence-corrected chi connectivity index (χ3v) is 9.60. The van der Waals surface area contributed by atoms with Gasteiger partial charge in [-0.1, -0.05) is 185 Å². The molecule has 0 aromatic carbocycles. The molecule has 0 saturated heterocycles. The molecule has 0 fully saturated rings. The number of carboxylic acid groups (broad SMARTS) is 1. The minimum absolute atomic E-state index is 0.00246. The van der Waals surface area contributed by atoms with Gasteiger partial charge in [0, 0.05) is 19.3 Å². The molecule has 0 aliphatic carbocycles. The number of unbranched alkanes of at least 4 members (excludes halogenated alkanes) is 6. The van der Waals surface area contributed by atoms with Crippen LogP contribution in [0.25, 0.3) is 0 Å². The van der Waals surface area contributed by atoms with E-state index < -0.39 is 18.1 Å². The Morgan fingerprint density at radius 3 is 1.35 bits per heavy atom. The lowest BCUT2D eigenvalue weighted by atomic mass is 10.1. The van der Waals surface area contributed by atoms with E-state index in [0.29, 0.717) is 12.8 Å². The lowest BCUT2D eigenvalue weighted by molar-refractivity contribution is -0.889. The molecule has 360 valence electrons. The molecule has 2 atom stereocenters. The van der Waals surface area contributed by atoms with Crippen LogP contribution >= 0.6 is 0 Å². The first-order chi connectivity index (χ1) is 31.6. The van der Waals surface area contributed by atoms with Crippen molar-refractivity contribution in [2.24, 2.45) is 0 Å². The first-order valence-electron chi connectivity index (χ1n) is 24.1. The Morgan fingerprint density at radius 2 is 0.892 bits per heavy atom. The van der Waals surface area contributed by atoms with E-state index in [9.17, 15) is 19.5 Å². The van der Waals surface area contributed by atoms with Crippen molar-refractivity contribution in [2.45, 2.75) is 142 Å². The quantitative estimate of drug-likeness (QED) is 0.0198. The summed E-state index contributed by atoms with van der Waals surface area (Å²) in [6.07, 6.45) is 68.4. The number of carbonyl (C=O) groups excluding carboxylic acids is 3. The zero-order chi connectivity index (χ0) is 47.7. The van der Waals surface area contributed by atoms with Crippen LogP contribution in [0, 0.1) is 0 Å². The summed E-state index contributed by atoms with van der Waals surface area (Å²) in [5.41, 5.74) is 0. The molecule has 0 bridgehead atoms. The van der Waals surface area contributed by atoms with Crippen molar-refractivity contribution in [3.63, 3.8) is 0 Å². The Labute approximate surface area is 395 Å². The molecule has 65 heavy (non-hydrogen) atoms. The van der Waals surface area contributed by atoms with Crippen molar-refractivity contribution in [2.75, 3.05) is 41.0 Å². The van der Waals surface area contributed by atoms with Crippen LogP contribution < -0.4 is 5.11 Å². The Bertz CT molecular complexity index is 1610. The van der Waals surface area contributed by atoms with Crippen molar-refractivity contribution in [1.82, 2.24) is 0 Å². The van der Waals surface area contributed by atoms with Crippen LogP contribution in [0.15, 0.2) is 158 Å². The molecule has 2 unspecified atom stereocenters. The summed E-state index contributed by atoms with van der Waals surface area (Å²) in [4.78, 5) is 37.0. The number of esters is 2. The number of ether oxygens (including phenoxy) is 3. The normalized spacial score (nSPS) is 14.3. The SMILES string of the molecule is CC/C=C/C=C/C=C/C=C/C=C/C=C/C=C/CCCCCC(=O)OC(COCCC(C(=O)[O-])[N+](C)(C)C)COC(=O)CCCCC/C=C/C/C=C/C/C=C/C/C=C/C/C=C/C/C=C/CC. The van der Waals surface area contributed by atoms with Gasteiger partial charge in [0.25, 0.3) is 0 Å². The van der Waals surface area contributed by atoms with E-state index in [1.165, 1.54) is 0 Å². The van der Waals surface area contributed by atoms with E-state index in [-0.39, 0.29) is 55.5 Å². The topological polar surface area (TPSA) is 102 Å². The minimum Gasteiger partial charge on any atom is -0.544 e. The van der Waals surface area contributed by atoms with Crippen molar-refractivity contribution in [1.29, 1.82) is 0 Å². The van der Waals surface area contributed by atoms with Gasteiger partial charge < -0.3 is 28.6 Å². The number of nitrogens with zero attached hydrogens (tertiary/aromatic N) is 1. The fourth-order valence-electron chi connectivity index (χ4n) is 5.94. The largest absolute Gasteiger partial charge is 0.544 e. The van der Waals surface area contributed by atoms with Crippen molar-refractivity contribution in [3.05, 3.63) is 158 Å². The number of allylic oxidation sites excluding steroid dienone is 26. The number of hydrogen-bond acceptors (Lipinski definition) is 7. The highest BCUT2D eigenvalue weighted by molar-refractivity contribution is 5.70. The second kappa shape index (κ2) is 45.5. The standard InChI is InChI=1S/C57H85NO7/c1-6-8-10-12-14-16-18-20-22-24-26-27-28-30-31-33-35-37-39-41-43-45-47-55(59)64-52-53(51-63-50-49-54(57(61)62)58(3,4)5)65-56(60)48-46-44-42-40-38-36-34-32-29-25-23-21-19-17-15-13-11-9-7-2/h8-11,13-17,19-23,25-27,29-32,34-38,53-54H,6-7,12,18,24,28,33,39-52H2,1-5H3/b10-8+,11-9+,15-13+,16-14+,19-17+,22-20+,23-21+,27-26+,29-25+,31-30+,34-32+,37-35+,38-36+. The molecule has 0 saturated carbocycles. The maximum Gasteiger partial charge on any atom is 0.306 e. The van der Waals surface area contributed by atoms with Crippen molar-refractivity contribution in [3.8, 4) is 0 Å². The summed E-state index contributed by atoms with van der Waals surface area (Å²) in [5, 5.41) is 11.7. The molecular weight excluding hydrogens is 811 g/mol. The summed E-state index contributed by atoms with van der Waals surface area (Å²) in [7, 11) is 5.36. The van der Waals surface area contributed by atoms with Crippen LogP contribution in [0.4, 0.5) is 0 Å². The van der Waals surface area contributed by atoms with Crippen molar-refractivity contribution >= 4 is 17.9 Å². The predicted octanol–water partition coefficient (Wildman–Crippen LogP) is 12.6.